The molecule has 0 aromatic rings. The molecule has 0 heterocycles. The minimum Gasteiger partial charge on any atom is -0.459 e. The monoisotopic (exact) mass is 192 g/mol. The predicted octanol–water partition coefficient (Wildman–Crippen LogP) is 2.14. The number of esters is 1. The highest BCUT2D eigenvalue weighted by atomic mass is 16.5. The Morgan fingerprint density at radius 2 is 2.00 bits per heavy atom. The van der Waals surface area contributed by atoms with Gasteiger partial charge in [0.15, 0.2) is 0 Å². The zero-order valence-corrected chi connectivity index (χ0v) is 8.85. The van der Waals surface area contributed by atoms with Crippen molar-refractivity contribution in [1.29, 1.82) is 0 Å². The third-order valence-corrected chi connectivity index (χ3v) is 1.66. The Kier molecular flexibility index (Phi) is 8.70. The van der Waals surface area contributed by atoms with E-state index < -0.39 is 5.97 Å². The summed E-state index contributed by atoms with van der Waals surface area (Å²) >= 11 is 0. The van der Waals surface area contributed by atoms with Crippen molar-refractivity contribution in [1.82, 2.24) is 0 Å². The Balaban J connectivity index is 3.51. The molecule has 0 aliphatic heterocycles. The summed E-state index contributed by atoms with van der Waals surface area (Å²) in [6.45, 7) is 2.17. The van der Waals surface area contributed by atoms with Crippen LogP contribution in [0.25, 0.3) is 0 Å². The van der Waals surface area contributed by atoms with Gasteiger partial charge in [-0.1, -0.05) is 32.1 Å². The molecule has 0 N–H and O–H groups in total. The number of unbranched alkanes of at least 4 members (excludes halogenated alkanes) is 4. The number of methoxy groups -OCH3 is 1. The summed E-state index contributed by atoms with van der Waals surface area (Å²) in [4.78, 5) is 10.5. The van der Waals surface area contributed by atoms with Gasteiger partial charge >= 0.3 is 5.97 Å². The molecule has 0 atom stereocenters. The number of hydrogen-bond donors (Lipinski definition) is 0. The van der Waals surface area contributed by atoms with Gasteiger partial charge in [-0.15, -0.1) is 0 Å². The molecule has 2 heteroatoms. The van der Waals surface area contributed by atoms with Crippen LogP contribution in [0.15, 0.2) is 0 Å². The van der Waals surface area contributed by atoms with Crippen LogP contribution in [-0.2, 0) is 9.53 Å². The van der Waals surface area contributed by atoms with E-state index in [0.29, 0.717) is 0 Å². The standard InChI is InChI=1S/C12H16O2/c1-3-4-5-6-7-8-9-10-11-12(13)14-2/h3-7H2,1-2H3. The van der Waals surface area contributed by atoms with Crippen LogP contribution in [-0.4, -0.2) is 13.1 Å². The van der Waals surface area contributed by atoms with Crippen molar-refractivity contribution in [3.8, 4) is 23.7 Å². The number of hydrogen-bond acceptors (Lipinski definition) is 2. The number of ether oxygens (including phenoxy) is 1. The van der Waals surface area contributed by atoms with E-state index in [2.05, 4.69) is 35.3 Å². The number of carbonyl (C=O) groups is 1. The molecule has 0 fully saturated rings. The summed E-state index contributed by atoms with van der Waals surface area (Å²) in [6, 6.07) is 0. The lowest BCUT2D eigenvalue weighted by atomic mass is 10.2. The van der Waals surface area contributed by atoms with Gasteiger partial charge in [0.25, 0.3) is 0 Å². The molecular formula is C12H16O2. The summed E-state index contributed by atoms with van der Waals surface area (Å²) in [7, 11) is 1.30. The fraction of sp³-hybridized carbons (Fsp3) is 0.583. The van der Waals surface area contributed by atoms with Gasteiger partial charge in [0.2, 0.25) is 0 Å². The summed E-state index contributed by atoms with van der Waals surface area (Å²) in [5.41, 5.74) is 0. The van der Waals surface area contributed by atoms with Gasteiger partial charge < -0.3 is 4.74 Å². The van der Waals surface area contributed by atoms with E-state index in [1.165, 1.54) is 26.4 Å². The fourth-order valence-corrected chi connectivity index (χ4v) is 0.880. The highest BCUT2D eigenvalue weighted by molar-refractivity contribution is 5.88. The molecular weight excluding hydrogens is 176 g/mol. The van der Waals surface area contributed by atoms with E-state index in [9.17, 15) is 4.79 Å². The second-order valence-electron chi connectivity index (χ2n) is 2.85. The van der Waals surface area contributed by atoms with E-state index in [1.54, 1.807) is 0 Å². The van der Waals surface area contributed by atoms with Crippen LogP contribution in [0.1, 0.15) is 39.0 Å². The van der Waals surface area contributed by atoms with Crippen molar-refractivity contribution in [2.75, 3.05) is 7.11 Å². The van der Waals surface area contributed by atoms with Gasteiger partial charge in [0.05, 0.1) is 7.11 Å². The van der Waals surface area contributed by atoms with Crippen molar-refractivity contribution in [2.45, 2.75) is 39.0 Å². The highest BCUT2D eigenvalue weighted by Gasteiger charge is 1.86. The van der Waals surface area contributed by atoms with Gasteiger partial charge in [-0.3, -0.25) is 0 Å². The molecule has 0 aromatic carbocycles. The topological polar surface area (TPSA) is 26.3 Å². The number of rotatable bonds is 4. The molecule has 0 aliphatic carbocycles. The van der Waals surface area contributed by atoms with Gasteiger partial charge in [0.1, 0.15) is 0 Å². The summed E-state index contributed by atoms with van der Waals surface area (Å²) in [6.07, 6.45) is 5.68. The predicted molar refractivity (Wildman–Crippen MR) is 56.3 cm³/mol. The van der Waals surface area contributed by atoms with Gasteiger partial charge in [-0.25, -0.2) is 4.79 Å². The lowest BCUT2D eigenvalue weighted by Gasteiger charge is -1.90. The first-order valence-electron chi connectivity index (χ1n) is 4.88. The molecule has 0 unspecified atom stereocenters. The van der Waals surface area contributed by atoms with Crippen LogP contribution in [0.2, 0.25) is 0 Å². The maximum absolute atomic E-state index is 10.5. The first-order valence-corrected chi connectivity index (χ1v) is 4.88. The van der Waals surface area contributed by atoms with Crippen LogP contribution in [0, 0.1) is 23.7 Å². The zero-order valence-electron chi connectivity index (χ0n) is 8.85. The molecule has 0 saturated carbocycles. The Morgan fingerprint density at radius 1 is 1.21 bits per heavy atom. The molecule has 0 spiro atoms. The van der Waals surface area contributed by atoms with Crippen LogP contribution in [0.5, 0.6) is 0 Å². The van der Waals surface area contributed by atoms with Crippen molar-refractivity contribution >= 4 is 5.97 Å². The maximum atomic E-state index is 10.5. The Bertz CT molecular complexity index is 270. The van der Waals surface area contributed by atoms with Crippen molar-refractivity contribution in [2.24, 2.45) is 0 Å². The van der Waals surface area contributed by atoms with Crippen LogP contribution >= 0.6 is 0 Å². The third-order valence-electron chi connectivity index (χ3n) is 1.66. The Labute approximate surface area is 86.0 Å². The molecule has 0 saturated heterocycles. The van der Waals surface area contributed by atoms with E-state index >= 15 is 0 Å². The molecule has 2 nitrogen and oxygen atoms in total. The molecule has 76 valence electrons. The quantitative estimate of drug-likeness (QED) is 0.295. The van der Waals surface area contributed by atoms with Gasteiger partial charge in [-0.2, -0.15) is 0 Å². The lowest BCUT2D eigenvalue weighted by molar-refractivity contribution is -0.133. The molecule has 14 heavy (non-hydrogen) atoms. The van der Waals surface area contributed by atoms with Crippen molar-refractivity contribution in [3.05, 3.63) is 0 Å². The van der Waals surface area contributed by atoms with Crippen LogP contribution in [0.3, 0.4) is 0 Å². The lowest BCUT2D eigenvalue weighted by Crippen LogP contribution is -1.93. The van der Waals surface area contributed by atoms with Crippen molar-refractivity contribution < 1.29 is 9.53 Å². The fourth-order valence-electron chi connectivity index (χ4n) is 0.880. The minimum atomic E-state index is -0.537. The minimum absolute atomic E-state index is 0.537. The molecule has 0 amide bonds. The Hall–Kier alpha value is -1.41. The Morgan fingerprint density at radius 3 is 2.64 bits per heavy atom. The van der Waals surface area contributed by atoms with Crippen LogP contribution in [0.4, 0.5) is 0 Å². The zero-order chi connectivity index (χ0) is 10.6. The normalized spacial score (nSPS) is 7.86. The first-order chi connectivity index (χ1) is 6.81. The molecule has 0 aromatic heterocycles. The SMILES string of the molecule is CCCCCCC#CC#CC(=O)OC. The summed E-state index contributed by atoms with van der Waals surface area (Å²) in [5, 5.41) is 0. The average Bonchev–Trinajstić information content (AvgIpc) is 2.21. The molecule has 0 bridgehead atoms. The highest BCUT2D eigenvalue weighted by Crippen LogP contribution is 2.00. The second-order valence-corrected chi connectivity index (χ2v) is 2.85. The number of carbonyl (C=O) groups excluding carboxylic acids is 1. The van der Waals surface area contributed by atoms with E-state index in [1.807, 2.05) is 0 Å². The van der Waals surface area contributed by atoms with Gasteiger partial charge in [-0.05, 0) is 18.3 Å². The first kappa shape index (κ1) is 12.6. The van der Waals surface area contributed by atoms with E-state index in [-0.39, 0.29) is 0 Å². The summed E-state index contributed by atoms with van der Waals surface area (Å²) in [5.74, 6) is 9.66. The van der Waals surface area contributed by atoms with E-state index in [0.717, 1.165) is 12.8 Å². The molecule has 0 aliphatic rings. The van der Waals surface area contributed by atoms with Gasteiger partial charge in [0, 0.05) is 12.3 Å². The molecule has 0 radical (unpaired) electrons. The third kappa shape index (κ3) is 8.68. The second kappa shape index (κ2) is 9.68. The molecule has 0 rings (SSSR count). The smallest absolute Gasteiger partial charge is 0.385 e. The van der Waals surface area contributed by atoms with Crippen molar-refractivity contribution in [3.63, 3.8) is 0 Å². The van der Waals surface area contributed by atoms with E-state index in [4.69, 9.17) is 0 Å². The summed E-state index contributed by atoms with van der Waals surface area (Å²) < 4.78 is 4.33. The maximum Gasteiger partial charge on any atom is 0.385 e. The average molecular weight is 192 g/mol. The largest absolute Gasteiger partial charge is 0.459 e. The van der Waals surface area contributed by atoms with Crippen LogP contribution < -0.4 is 0 Å².